The lowest BCUT2D eigenvalue weighted by molar-refractivity contribution is -0.145. The van der Waals surface area contributed by atoms with Gasteiger partial charge >= 0.3 is 5.97 Å². The summed E-state index contributed by atoms with van der Waals surface area (Å²) in [5, 5.41) is 9.31. The first kappa shape index (κ1) is 14.1. The van der Waals surface area contributed by atoms with Gasteiger partial charge in [-0.15, -0.1) is 0 Å². The molecule has 0 saturated heterocycles. The van der Waals surface area contributed by atoms with E-state index >= 15 is 0 Å². The molecular formula is C17H18O3. The molecule has 1 atom stereocenters. The number of para-hydroxylation sites is 1. The Labute approximate surface area is 118 Å². The van der Waals surface area contributed by atoms with Crippen molar-refractivity contribution in [3.63, 3.8) is 0 Å². The highest BCUT2D eigenvalue weighted by Gasteiger charge is 2.20. The number of rotatable bonds is 5. The van der Waals surface area contributed by atoms with E-state index in [1.165, 1.54) is 0 Å². The lowest BCUT2D eigenvalue weighted by Crippen LogP contribution is -2.29. The molecule has 104 valence electrons. The van der Waals surface area contributed by atoms with Crippen molar-refractivity contribution in [2.75, 3.05) is 0 Å². The molecule has 0 heterocycles. The monoisotopic (exact) mass is 270 g/mol. The van der Waals surface area contributed by atoms with E-state index in [0.29, 0.717) is 12.2 Å². The van der Waals surface area contributed by atoms with Gasteiger partial charge in [-0.1, -0.05) is 47.5 Å². The van der Waals surface area contributed by atoms with Crippen LogP contribution in [0.2, 0.25) is 0 Å². The van der Waals surface area contributed by atoms with Gasteiger partial charge in [0.1, 0.15) is 5.75 Å². The molecule has 3 nitrogen and oxygen atoms in total. The van der Waals surface area contributed by atoms with Gasteiger partial charge in [-0.2, -0.15) is 0 Å². The molecule has 1 unspecified atom stereocenters. The molecule has 3 heteroatoms. The van der Waals surface area contributed by atoms with Crippen LogP contribution in [0.4, 0.5) is 0 Å². The van der Waals surface area contributed by atoms with Crippen LogP contribution in [0, 0.1) is 13.8 Å². The van der Waals surface area contributed by atoms with Gasteiger partial charge in [-0.05, 0) is 31.5 Å². The topological polar surface area (TPSA) is 46.5 Å². The molecule has 2 aromatic carbocycles. The van der Waals surface area contributed by atoms with Gasteiger partial charge in [-0.25, -0.2) is 4.79 Å². The minimum Gasteiger partial charge on any atom is -0.478 e. The third kappa shape index (κ3) is 3.85. The third-order valence-corrected chi connectivity index (χ3v) is 3.00. The molecule has 0 aromatic heterocycles. The summed E-state index contributed by atoms with van der Waals surface area (Å²) >= 11 is 0. The Bertz CT molecular complexity index is 570. The van der Waals surface area contributed by atoms with Gasteiger partial charge in [0.05, 0.1) is 0 Å². The van der Waals surface area contributed by atoms with E-state index in [9.17, 15) is 9.90 Å². The van der Waals surface area contributed by atoms with E-state index < -0.39 is 12.1 Å². The second-order valence-electron chi connectivity index (χ2n) is 4.96. The van der Waals surface area contributed by atoms with Gasteiger partial charge < -0.3 is 9.84 Å². The summed E-state index contributed by atoms with van der Waals surface area (Å²) in [6.07, 6.45) is -0.522. The average Bonchev–Trinajstić information content (AvgIpc) is 2.38. The van der Waals surface area contributed by atoms with Crippen LogP contribution in [0.25, 0.3) is 0 Å². The van der Waals surface area contributed by atoms with Crippen LogP contribution in [-0.4, -0.2) is 17.2 Å². The molecule has 0 fully saturated rings. The lowest BCUT2D eigenvalue weighted by Gasteiger charge is -2.16. The van der Waals surface area contributed by atoms with Crippen molar-refractivity contribution in [2.24, 2.45) is 0 Å². The van der Waals surface area contributed by atoms with Crippen LogP contribution in [0.15, 0.2) is 48.5 Å². The zero-order valence-corrected chi connectivity index (χ0v) is 11.7. The molecule has 2 rings (SSSR count). The van der Waals surface area contributed by atoms with Crippen LogP contribution >= 0.6 is 0 Å². The second kappa shape index (κ2) is 6.24. The number of carboxylic acids is 1. The van der Waals surface area contributed by atoms with Gasteiger partial charge in [0.15, 0.2) is 6.10 Å². The normalized spacial score (nSPS) is 11.9. The summed E-state index contributed by atoms with van der Waals surface area (Å²) in [5.41, 5.74) is 3.23. The predicted octanol–water partition coefficient (Wildman–Crippen LogP) is 3.38. The average molecular weight is 270 g/mol. The fraction of sp³-hybridized carbons (Fsp3) is 0.235. The number of hydrogen-bond donors (Lipinski definition) is 1. The van der Waals surface area contributed by atoms with Crippen LogP contribution in [0.5, 0.6) is 5.75 Å². The Kier molecular flexibility index (Phi) is 4.41. The molecule has 0 amide bonds. The molecule has 0 aliphatic rings. The van der Waals surface area contributed by atoms with Crippen molar-refractivity contribution in [2.45, 2.75) is 26.4 Å². The largest absolute Gasteiger partial charge is 0.478 e. The van der Waals surface area contributed by atoms with Gasteiger partial charge in [0.2, 0.25) is 0 Å². The van der Waals surface area contributed by atoms with Crippen LogP contribution in [0.3, 0.4) is 0 Å². The van der Waals surface area contributed by atoms with Crippen LogP contribution in [-0.2, 0) is 11.2 Å². The number of aliphatic carboxylic acids is 1. The standard InChI is InChI=1S/C17H18O3/c1-12-8-13(2)10-14(9-12)11-16(17(18)19)20-15-6-4-3-5-7-15/h3-10,16H,11H2,1-2H3,(H,18,19). The Balaban J connectivity index is 2.15. The van der Waals surface area contributed by atoms with Crippen molar-refractivity contribution in [3.05, 3.63) is 65.2 Å². The third-order valence-electron chi connectivity index (χ3n) is 3.00. The highest BCUT2D eigenvalue weighted by molar-refractivity contribution is 5.73. The number of carbonyl (C=O) groups is 1. The maximum absolute atomic E-state index is 11.4. The summed E-state index contributed by atoms with van der Waals surface area (Å²) in [4.78, 5) is 11.4. The first-order valence-electron chi connectivity index (χ1n) is 6.56. The quantitative estimate of drug-likeness (QED) is 0.906. The Morgan fingerprint density at radius 2 is 1.70 bits per heavy atom. The van der Waals surface area contributed by atoms with Crippen molar-refractivity contribution in [1.29, 1.82) is 0 Å². The first-order chi connectivity index (χ1) is 9.54. The Hall–Kier alpha value is -2.29. The van der Waals surface area contributed by atoms with Crippen molar-refractivity contribution in [1.82, 2.24) is 0 Å². The van der Waals surface area contributed by atoms with Crippen molar-refractivity contribution in [3.8, 4) is 5.75 Å². The maximum Gasteiger partial charge on any atom is 0.345 e. The molecule has 0 saturated carbocycles. The molecule has 2 aromatic rings. The summed E-state index contributed by atoms with van der Waals surface area (Å²) in [6, 6.07) is 15.1. The second-order valence-corrected chi connectivity index (χ2v) is 4.96. The maximum atomic E-state index is 11.4. The van der Waals surface area contributed by atoms with Gasteiger partial charge in [0.25, 0.3) is 0 Å². The first-order valence-corrected chi connectivity index (χ1v) is 6.56. The minimum atomic E-state index is -0.951. The summed E-state index contributed by atoms with van der Waals surface area (Å²) < 4.78 is 5.56. The van der Waals surface area contributed by atoms with E-state index in [1.54, 1.807) is 12.1 Å². The zero-order chi connectivity index (χ0) is 14.5. The van der Waals surface area contributed by atoms with E-state index in [-0.39, 0.29) is 0 Å². The highest BCUT2D eigenvalue weighted by atomic mass is 16.5. The molecule has 20 heavy (non-hydrogen) atoms. The van der Waals surface area contributed by atoms with Crippen LogP contribution in [0.1, 0.15) is 16.7 Å². The van der Waals surface area contributed by atoms with E-state index in [0.717, 1.165) is 16.7 Å². The van der Waals surface area contributed by atoms with E-state index in [1.807, 2.05) is 44.2 Å². The number of hydrogen-bond acceptors (Lipinski definition) is 2. The zero-order valence-electron chi connectivity index (χ0n) is 11.7. The SMILES string of the molecule is Cc1cc(C)cc(CC(Oc2ccccc2)C(=O)O)c1. The highest BCUT2D eigenvalue weighted by Crippen LogP contribution is 2.16. The Morgan fingerprint density at radius 3 is 2.25 bits per heavy atom. The predicted molar refractivity (Wildman–Crippen MR) is 78.1 cm³/mol. The lowest BCUT2D eigenvalue weighted by atomic mass is 10.0. The summed E-state index contributed by atoms with van der Waals surface area (Å²) in [7, 11) is 0. The molecular weight excluding hydrogens is 252 g/mol. The van der Waals surface area contributed by atoms with Gasteiger partial charge in [0, 0.05) is 6.42 Å². The smallest absolute Gasteiger partial charge is 0.345 e. The van der Waals surface area contributed by atoms with E-state index in [4.69, 9.17) is 4.74 Å². The minimum absolute atomic E-state index is 0.354. The van der Waals surface area contributed by atoms with Gasteiger partial charge in [-0.3, -0.25) is 0 Å². The molecule has 0 spiro atoms. The number of benzene rings is 2. The fourth-order valence-electron chi connectivity index (χ4n) is 2.24. The molecule has 1 N–H and O–H groups in total. The molecule has 0 aliphatic carbocycles. The number of ether oxygens (including phenoxy) is 1. The van der Waals surface area contributed by atoms with E-state index in [2.05, 4.69) is 6.07 Å². The number of aryl methyl sites for hydroxylation is 2. The van der Waals surface area contributed by atoms with Crippen molar-refractivity contribution >= 4 is 5.97 Å². The van der Waals surface area contributed by atoms with Crippen molar-refractivity contribution < 1.29 is 14.6 Å². The molecule has 0 bridgehead atoms. The molecule has 0 radical (unpaired) electrons. The number of carboxylic acid groups (broad SMARTS) is 1. The summed E-state index contributed by atoms with van der Waals surface area (Å²) in [5.74, 6) is -0.378. The summed E-state index contributed by atoms with van der Waals surface area (Å²) in [6.45, 7) is 4.01. The fourth-order valence-corrected chi connectivity index (χ4v) is 2.24. The molecule has 0 aliphatic heterocycles. The van der Waals surface area contributed by atoms with Crippen LogP contribution < -0.4 is 4.74 Å². The Morgan fingerprint density at radius 1 is 1.10 bits per heavy atom.